The van der Waals surface area contributed by atoms with E-state index in [0.717, 1.165) is 21.6 Å². The van der Waals surface area contributed by atoms with Crippen LogP contribution in [0.15, 0.2) is 35.7 Å². The average Bonchev–Trinajstić information content (AvgIpc) is 3.41. The predicted octanol–water partition coefficient (Wildman–Crippen LogP) is 3.02. The Kier molecular flexibility index (Phi) is 5.39. The van der Waals surface area contributed by atoms with Crippen molar-refractivity contribution >= 4 is 34.3 Å². The van der Waals surface area contributed by atoms with Crippen LogP contribution < -0.4 is 9.99 Å². The first-order valence-electron chi connectivity index (χ1n) is 9.03. The minimum absolute atomic E-state index is 0.00538. The smallest absolute Gasteiger partial charge is 0.453 e. The Morgan fingerprint density at radius 2 is 2.00 bits per heavy atom. The first-order chi connectivity index (χ1) is 14.7. The maximum absolute atomic E-state index is 12.9. The fourth-order valence-corrected chi connectivity index (χ4v) is 3.99. The van der Waals surface area contributed by atoms with Crippen LogP contribution in [-0.4, -0.2) is 39.5 Å². The quantitative estimate of drug-likeness (QED) is 0.443. The summed E-state index contributed by atoms with van der Waals surface area (Å²) in [6.45, 7) is 0.169. The molecule has 12 heteroatoms. The van der Waals surface area contributed by atoms with Gasteiger partial charge in [-0.25, -0.2) is 19.7 Å². The standard InChI is InChI=1S/C19H14F3N3O5S/c20-19(21,22)15-9-31-16(24-15)12-8-14(10-4-1-2-5-11(10)23-12)29-30-18(28)25-7-3-6-13(25)17(26)27/h1-2,4-5,8-9,13H,3,6-7H2,(H,26,27)/p-1. The monoisotopic (exact) mass is 452 g/mol. The lowest BCUT2D eigenvalue weighted by atomic mass is 10.2. The largest absolute Gasteiger partial charge is 0.548 e. The predicted molar refractivity (Wildman–Crippen MR) is 99.7 cm³/mol. The molecule has 31 heavy (non-hydrogen) atoms. The van der Waals surface area contributed by atoms with E-state index >= 15 is 0 Å². The van der Waals surface area contributed by atoms with Crippen LogP contribution in [0.5, 0.6) is 5.75 Å². The minimum atomic E-state index is -4.59. The highest BCUT2D eigenvalue weighted by atomic mass is 32.1. The van der Waals surface area contributed by atoms with Crippen molar-refractivity contribution in [1.82, 2.24) is 14.9 Å². The van der Waals surface area contributed by atoms with Crippen LogP contribution in [0.3, 0.4) is 0 Å². The highest BCUT2D eigenvalue weighted by Gasteiger charge is 2.34. The number of thiazole rings is 1. The number of nitrogens with zero attached hydrogens (tertiary/aromatic N) is 3. The van der Waals surface area contributed by atoms with Crippen LogP contribution in [0.4, 0.5) is 18.0 Å². The van der Waals surface area contributed by atoms with Gasteiger partial charge in [0.05, 0.1) is 17.5 Å². The summed E-state index contributed by atoms with van der Waals surface area (Å²) >= 11 is 0.758. The molecule has 2 aromatic heterocycles. The zero-order chi connectivity index (χ0) is 22.2. The minimum Gasteiger partial charge on any atom is -0.548 e. The number of hydrogen-bond donors (Lipinski definition) is 0. The number of pyridine rings is 1. The van der Waals surface area contributed by atoms with Gasteiger partial charge < -0.3 is 9.90 Å². The van der Waals surface area contributed by atoms with Gasteiger partial charge in [0.2, 0.25) is 0 Å². The summed E-state index contributed by atoms with van der Waals surface area (Å²) < 4.78 is 38.7. The van der Waals surface area contributed by atoms with E-state index in [1.54, 1.807) is 24.3 Å². The van der Waals surface area contributed by atoms with Crippen LogP contribution >= 0.6 is 11.3 Å². The molecule has 0 radical (unpaired) electrons. The van der Waals surface area contributed by atoms with Crippen molar-refractivity contribution in [2.24, 2.45) is 0 Å². The van der Waals surface area contributed by atoms with Gasteiger partial charge in [-0.3, -0.25) is 9.79 Å². The third kappa shape index (κ3) is 4.24. The molecule has 1 saturated heterocycles. The van der Waals surface area contributed by atoms with Crippen LogP contribution in [0.25, 0.3) is 21.6 Å². The number of carbonyl (C=O) groups excluding carboxylic acids is 2. The lowest BCUT2D eigenvalue weighted by Crippen LogP contribution is -2.47. The topological polar surface area (TPSA) is 105 Å². The van der Waals surface area contributed by atoms with Gasteiger partial charge in [0.25, 0.3) is 0 Å². The highest BCUT2D eigenvalue weighted by Crippen LogP contribution is 2.35. The first kappa shape index (κ1) is 20.8. The van der Waals surface area contributed by atoms with Gasteiger partial charge in [-0.2, -0.15) is 13.2 Å². The number of carbonyl (C=O) groups is 2. The Morgan fingerprint density at radius 1 is 1.23 bits per heavy atom. The molecule has 0 saturated carbocycles. The van der Waals surface area contributed by atoms with E-state index in [9.17, 15) is 27.9 Å². The lowest BCUT2D eigenvalue weighted by molar-refractivity contribution is -0.310. The summed E-state index contributed by atoms with van der Waals surface area (Å²) in [4.78, 5) is 42.3. The van der Waals surface area contributed by atoms with Gasteiger partial charge >= 0.3 is 12.3 Å². The van der Waals surface area contributed by atoms with Crippen LogP contribution in [0, 0.1) is 0 Å². The molecule has 3 heterocycles. The Bertz CT molecular complexity index is 1150. The van der Waals surface area contributed by atoms with E-state index in [1.165, 1.54) is 6.07 Å². The summed E-state index contributed by atoms with van der Waals surface area (Å²) in [5, 5.41) is 12.5. The zero-order valence-electron chi connectivity index (χ0n) is 15.6. The molecule has 1 aromatic carbocycles. The number of amides is 1. The summed E-state index contributed by atoms with van der Waals surface area (Å²) in [5.41, 5.74) is -0.568. The van der Waals surface area contributed by atoms with E-state index in [4.69, 9.17) is 9.78 Å². The maximum Gasteiger partial charge on any atom is 0.453 e. The molecular weight excluding hydrogens is 439 g/mol. The number of rotatable bonds is 4. The zero-order valence-corrected chi connectivity index (χ0v) is 16.4. The van der Waals surface area contributed by atoms with Crippen molar-refractivity contribution in [3.63, 3.8) is 0 Å². The van der Waals surface area contributed by atoms with E-state index < -0.39 is 30.0 Å². The fourth-order valence-electron chi connectivity index (χ4n) is 3.20. The SMILES string of the molecule is O=C([O-])C1CCCN1C(=O)OOc1cc(-c2nc(C(F)(F)F)cs2)nc2ccccc12. The van der Waals surface area contributed by atoms with Crippen molar-refractivity contribution in [3.8, 4) is 16.5 Å². The Morgan fingerprint density at radius 3 is 2.71 bits per heavy atom. The normalized spacial score (nSPS) is 16.5. The number of carboxylic acids is 1. The maximum atomic E-state index is 12.9. The number of alkyl halides is 3. The molecule has 1 aliphatic rings. The van der Waals surface area contributed by atoms with Crippen LogP contribution in [0.2, 0.25) is 0 Å². The second kappa shape index (κ2) is 8.02. The molecule has 1 amide bonds. The number of para-hydroxylation sites is 1. The van der Waals surface area contributed by atoms with Gasteiger partial charge in [0.1, 0.15) is 10.7 Å². The summed E-state index contributed by atoms with van der Waals surface area (Å²) in [5.74, 6) is -1.38. The molecule has 1 fully saturated rings. The number of likely N-dealkylation sites (tertiary alicyclic amines) is 1. The number of aliphatic carboxylic acids is 1. The molecule has 8 nitrogen and oxygen atoms in total. The summed E-state index contributed by atoms with van der Waals surface area (Å²) in [6.07, 6.45) is -4.89. The molecule has 1 unspecified atom stereocenters. The van der Waals surface area contributed by atoms with E-state index in [2.05, 4.69) is 9.97 Å². The van der Waals surface area contributed by atoms with Crippen molar-refractivity contribution in [3.05, 3.63) is 41.4 Å². The highest BCUT2D eigenvalue weighted by molar-refractivity contribution is 7.13. The summed E-state index contributed by atoms with van der Waals surface area (Å²) in [7, 11) is 0. The molecule has 0 bridgehead atoms. The molecular formula is C19H13F3N3O5S-. The Hall–Kier alpha value is -3.41. The van der Waals surface area contributed by atoms with Crippen LogP contribution in [-0.2, 0) is 15.9 Å². The Balaban J connectivity index is 1.62. The Labute approximate surface area is 176 Å². The molecule has 0 N–H and O–H groups in total. The van der Waals surface area contributed by atoms with Crippen molar-refractivity contribution in [2.45, 2.75) is 25.1 Å². The third-order valence-corrected chi connectivity index (χ3v) is 5.52. The lowest BCUT2D eigenvalue weighted by Gasteiger charge is -2.23. The number of hydrogen-bond acceptors (Lipinski definition) is 8. The molecule has 162 valence electrons. The van der Waals surface area contributed by atoms with Gasteiger partial charge in [0.15, 0.2) is 11.4 Å². The van der Waals surface area contributed by atoms with E-state index in [-0.39, 0.29) is 29.4 Å². The van der Waals surface area contributed by atoms with Crippen molar-refractivity contribution < 1.29 is 37.6 Å². The third-order valence-electron chi connectivity index (χ3n) is 4.65. The number of halogens is 3. The van der Waals surface area contributed by atoms with E-state index in [1.807, 2.05) is 0 Å². The van der Waals surface area contributed by atoms with Crippen molar-refractivity contribution in [2.75, 3.05) is 6.54 Å². The average molecular weight is 452 g/mol. The number of benzene rings is 1. The molecule has 0 aliphatic carbocycles. The van der Waals surface area contributed by atoms with E-state index in [0.29, 0.717) is 17.3 Å². The summed E-state index contributed by atoms with van der Waals surface area (Å²) in [6, 6.07) is 6.77. The second-order valence-electron chi connectivity index (χ2n) is 6.66. The number of carboxylic acid groups (broad SMARTS) is 1. The van der Waals surface area contributed by atoms with Gasteiger partial charge in [-0.15, -0.1) is 11.3 Å². The fraction of sp³-hybridized carbons (Fsp3) is 0.263. The number of fused-ring (bicyclic) bond motifs is 1. The number of aromatic nitrogens is 2. The molecule has 0 spiro atoms. The molecule has 1 aliphatic heterocycles. The molecule has 3 aromatic rings. The van der Waals surface area contributed by atoms with Crippen molar-refractivity contribution in [1.29, 1.82) is 0 Å². The second-order valence-corrected chi connectivity index (χ2v) is 7.52. The van der Waals surface area contributed by atoms with Gasteiger partial charge in [-0.1, -0.05) is 12.1 Å². The molecule has 1 atom stereocenters. The van der Waals surface area contributed by atoms with Crippen LogP contribution in [0.1, 0.15) is 18.5 Å². The first-order valence-corrected chi connectivity index (χ1v) is 9.91. The van der Waals surface area contributed by atoms with Gasteiger partial charge in [-0.05, 0) is 25.0 Å². The molecule has 4 rings (SSSR count). The van der Waals surface area contributed by atoms with Gasteiger partial charge in [0, 0.05) is 23.4 Å².